The van der Waals surface area contributed by atoms with E-state index in [1.807, 2.05) is 0 Å². The van der Waals surface area contributed by atoms with E-state index in [1.54, 1.807) is 0 Å². The topological polar surface area (TPSA) is 49.3 Å². The van der Waals surface area contributed by atoms with Crippen molar-refractivity contribution in [3.8, 4) is 0 Å². The number of carboxylic acid groups (broad SMARTS) is 1. The number of carbonyl (C=O) groups is 1. The second-order valence-corrected chi connectivity index (χ2v) is 3.98. The first-order chi connectivity index (χ1) is 5.02. The Bertz CT molecular complexity index is 161. The molecule has 0 radical (unpaired) electrons. The minimum Gasteiger partial charge on any atom is -0.465 e. The second-order valence-electron chi connectivity index (χ2n) is 3.98. The maximum absolute atomic E-state index is 10.2. The summed E-state index contributed by atoms with van der Waals surface area (Å²) in [6.07, 6.45) is 1.38. The van der Waals surface area contributed by atoms with Crippen LogP contribution in [-0.2, 0) is 0 Å². The summed E-state index contributed by atoms with van der Waals surface area (Å²) in [5.41, 5.74) is 0.234. The number of hydrogen-bond donors (Lipinski definition) is 2. The van der Waals surface area contributed by atoms with Crippen molar-refractivity contribution in [1.29, 1.82) is 0 Å². The number of hydrogen-bond acceptors (Lipinski definition) is 1. The van der Waals surface area contributed by atoms with Crippen LogP contribution in [0.5, 0.6) is 0 Å². The molecule has 0 atom stereocenters. The zero-order chi connectivity index (χ0) is 8.48. The van der Waals surface area contributed by atoms with E-state index in [0.29, 0.717) is 6.54 Å². The van der Waals surface area contributed by atoms with Crippen LogP contribution in [0.25, 0.3) is 0 Å². The van der Waals surface area contributed by atoms with Gasteiger partial charge in [0.25, 0.3) is 0 Å². The highest BCUT2D eigenvalue weighted by atomic mass is 16.4. The molecule has 0 heterocycles. The molecule has 1 aliphatic carbocycles. The fourth-order valence-electron chi connectivity index (χ4n) is 2.06. The molecular weight excluding hydrogens is 142 g/mol. The van der Waals surface area contributed by atoms with E-state index in [-0.39, 0.29) is 5.41 Å². The Labute approximate surface area is 66.8 Å². The third kappa shape index (κ3) is 2.10. The summed E-state index contributed by atoms with van der Waals surface area (Å²) in [4.78, 5) is 10.2. The fourth-order valence-corrected chi connectivity index (χ4v) is 2.06. The molecule has 3 nitrogen and oxygen atoms in total. The largest absolute Gasteiger partial charge is 0.465 e. The minimum absolute atomic E-state index is 0.234. The van der Waals surface area contributed by atoms with Crippen LogP contribution in [0.4, 0.5) is 4.79 Å². The van der Waals surface area contributed by atoms with Gasteiger partial charge in [-0.1, -0.05) is 13.8 Å². The molecule has 0 bridgehead atoms. The number of amides is 1. The lowest BCUT2D eigenvalue weighted by Gasteiger charge is -2.43. The van der Waals surface area contributed by atoms with Crippen molar-refractivity contribution in [2.24, 2.45) is 11.3 Å². The summed E-state index contributed by atoms with van der Waals surface area (Å²) in [5, 5.41) is 10.8. The molecule has 1 rings (SSSR count). The standard InChI is InChI=1S/C8H15NO2/c1-6-3-8(2,4-6)5-9-7(10)11/h6,9H,3-5H2,1-2H3,(H,10,11). The highest BCUT2D eigenvalue weighted by Gasteiger charge is 2.37. The van der Waals surface area contributed by atoms with Gasteiger partial charge >= 0.3 is 6.09 Å². The summed E-state index contributed by atoms with van der Waals surface area (Å²) in [7, 11) is 0. The maximum Gasteiger partial charge on any atom is 0.404 e. The lowest BCUT2D eigenvalue weighted by atomic mass is 9.64. The van der Waals surface area contributed by atoms with E-state index in [2.05, 4.69) is 19.2 Å². The fraction of sp³-hybridized carbons (Fsp3) is 0.875. The van der Waals surface area contributed by atoms with Gasteiger partial charge in [0.2, 0.25) is 0 Å². The van der Waals surface area contributed by atoms with Crippen molar-refractivity contribution in [2.75, 3.05) is 6.54 Å². The second kappa shape index (κ2) is 2.72. The molecule has 0 aliphatic heterocycles. The Morgan fingerprint density at radius 1 is 1.73 bits per heavy atom. The predicted octanol–water partition coefficient (Wildman–Crippen LogP) is 1.69. The quantitative estimate of drug-likeness (QED) is 0.640. The molecule has 3 heteroatoms. The first-order valence-corrected chi connectivity index (χ1v) is 3.99. The Morgan fingerprint density at radius 2 is 2.27 bits per heavy atom. The van der Waals surface area contributed by atoms with Gasteiger partial charge in [0, 0.05) is 6.54 Å². The summed E-state index contributed by atoms with van der Waals surface area (Å²) < 4.78 is 0. The van der Waals surface area contributed by atoms with E-state index < -0.39 is 6.09 Å². The van der Waals surface area contributed by atoms with Gasteiger partial charge in [0.1, 0.15) is 0 Å². The highest BCUT2D eigenvalue weighted by Crippen LogP contribution is 2.44. The van der Waals surface area contributed by atoms with Gasteiger partial charge in [0.05, 0.1) is 0 Å². The molecule has 1 aliphatic rings. The monoisotopic (exact) mass is 157 g/mol. The van der Waals surface area contributed by atoms with E-state index in [0.717, 1.165) is 18.8 Å². The molecule has 64 valence electrons. The first kappa shape index (κ1) is 8.37. The summed E-state index contributed by atoms with van der Waals surface area (Å²) in [6.45, 7) is 4.93. The van der Waals surface area contributed by atoms with Crippen LogP contribution < -0.4 is 5.32 Å². The van der Waals surface area contributed by atoms with E-state index in [1.165, 1.54) is 0 Å². The third-order valence-corrected chi connectivity index (χ3v) is 2.35. The van der Waals surface area contributed by atoms with Gasteiger partial charge < -0.3 is 10.4 Å². The lowest BCUT2D eigenvalue weighted by molar-refractivity contribution is 0.0854. The average Bonchev–Trinajstić information content (AvgIpc) is 1.81. The number of nitrogens with one attached hydrogen (secondary N) is 1. The SMILES string of the molecule is CC1CC(C)(CNC(=O)O)C1. The normalized spacial score (nSPS) is 36.0. The summed E-state index contributed by atoms with van der Waals surface area (Å²) >= 11 is 0. The lowest BCUT2D eigenvalue weighted by Crippen LogP contribution is -2.43. The molecule has 2 N–H and O–H groups in total. The average molecular weight is 157 g/mol. The van der Waals surface area contributed by atoms with Gasteiger partial charge in [-0.2, -0.15) is 0 Å². The molecule has 0 saturated heterocycles. The Morgan fingerprint density at radius 3 is 2.64 bits per heavy atom. The van der Waals surface area contributed by atoms with E-state index in [9.17, 15) is 4.79 Å². The van der Waals surface area contributed by atoms with Gasteiger partial charge in [-0.25, -0.2) is 4.79 Å². The van der Waals surface area contributed by atoms with Gasteiger partial charge in [0.15, 0.2) is 0 Å². The summed E-state index contributed by atoms with van der Waals surface area (Å²) in [5.74, 6) is 0.774. The minimum atomic E-state index is -0.911. The molecular formula is C8H15NO2. The zero-order valence-corrected chi connectivity index (χ0v) is 7.05. The van der Waals surface area contributed by atoms with Crippen molar-refractivity contribution < 1.29 is 9.90 Å². The molecule has 1 amide bonds. The predicted molar refractivity (Wildman–Crippen MR) is 42.5 cm³/mol. The van der Waals surface area contributed by atoms with E-state index >= 15 is 0 Å². The molecule has 0 aromatic carbocycles. The maximum atomic E-state index is 10.2. The van der Waals surface area contributed by atoms with Gasteiger partial charge in [-0.15, -0.1) is 0 Å². The van der Waals surface area contributed by atoms with Crippen LogP contribution in [0, 0.1) is 11.3 Å². The van der Waals surface area contributed by atoms with Crippen molar-refractivity contribution >= 4 is 6.09 Å². The van der Waals surface area contributed by atoms with Crippen molar-refractivity contribution in [1.82, 2.24) is 5.32 Å². The molecule has 1 fully saturated rings. The Balaban J connectivity index is 2.21. The highest BCUT2D eigenvalue weighted by molar-refractivity contribution is 5.64. The van der Waals surface area contributed by atoms with Crippen LogP contribution in [0.1, 0.15) is 26.7 Å². The molecule has 1 saturated carbocycles. The molecule has 0 aromatic heterocycles. The van der Waals surface area contributed by atoms with Crippen molar-refractivity contribution in [3.05, 3.63) is 0 Å². The molecule has 0 unspecified atom stereocenters. The van der Waals surface area contributed by atoms with Crippen LogP contribution in [0.2, 0.25) is 0 Å². The zero-order valence-electron chi connectivity index (χ0n) is 7.05. The van der Waals surface area contributed by atoms with Gasteiger partial charge in [-0.05, 0) is 24.2 Å². The third-order valence-electron chi connectivity index (χ3n) is 2.35. The van der Waals surface area contributed by atoms with Crippen LogP contribution >= 0.6 is 0 Å². The molecule has 0 spiro atoms. The van der Waals surface area contributed by atoms with E-state index in [4.69, 9.17) is 5.11 Å². The van der Waals surface area contributed by atoms with Crippen molar-refractivity contribution in [2.45, 2.75) is 26.7 Å². The number of rotatable bonds is 2. The Kier molecular flexibility index (Phi) is 2.07. The smallest absolute Gasteiger partial charge is 0.404 e. The van der Waals surface area contributed by atoms with Crippen LogP contribution in [0.15, 0.2) is 0 Å². The Hall–Kier alpha value is -0.730. The van der Waals surface area contributed by atoms with Crippen LogP contribution in [-0.4, -0.2) is 17.7 Å². The summed E-state index contributed by atoms with van der Waals surface area (Å²) in [6, 6.07) is 0. The van der Waals surface area contributed by atoms with Crippen LogP contribution in [0.3, 0.4) is 0 Å². The molecule has 0 aromatic rings. The van der Waals surface area contributed by atoms with Gasteiger partial charge in [-0.3, -0.25) is 0 Å². The van der Waals surface area contributed by atoms with Crippen molar-refractivity contribution in [3.63, 3.8) is 0 Å². The molecule has 11 heavy (non-hydrogen) atoms. The first-order valence-electron chi connectivity index (χ1n) is 3.99.